The van der Waals surface area contributed by atoms with Crippen LogP contribution in [-0.4, -0.2) is 31.0 Å². The number of hydrogen-bond donors (Lipinski definition) is 5. The summed E-state index contributed by atoms with van der Waals surface area (Å²) in [6.45, 7) is 0. The molecule has 10 heteroatoms. The molecule has 0 saturated carbocycles. The van der Waals surface area contributed by atoms with Gasteiger partial charge in [-0.2, -0.15) is 0 Å². The fraction of sp³-hybridized carbons (Fsp3) is 0. The average Bonchev–Trinajstić information content (AvgIpc) is 1.19. The van der Waals surface area contributed by atoms with Gasteiger partial charge in [-0.3, -0.25) is 0 Å². The van der Waals surface area contributed by atoms with E-state index >= 15 is 0 Å². The van der Waals surface area contributed by atoms with Crippen LogP contribution in [0.4, 0.5) is 4.79 Å². The number of rotatable bonds is 0. The standard InChI is InChI=1S/CH2O3.Na.Ni.H3O4P.H/c2-1(3)4;;;1-5(2,3)4;/h(H2,2,3,4);;;(H3,1,2,3,4);/q;+1;;;-1. The minimum absolute atomic E-state index is 0. The predicted molar refractivity (Wildman–Crippen MR) is 26.0 cm³/mol. The van der Waals surface area contributed by atoms with Gasteiger partial charge < -0.3 is 26.3 Å². The van der Waals surface area contributed by atoms with Crippen LogP contribution < -0.4 is 29.6 Å². The minimum atomic E-state index is -4.64. The van der Waals surface area contributed by atoms with Gasteiger partial charge in [-0.25, -0.2) is 9.36 Å². The molecular formula is CH6NaNiO7P. The summed E-state index contributed by atoms with van der Waals surface area (Å²) in [5.74, 6) is 0. The summed E-state index contributed by atoms with van der Waals surface area (Å²) >= 11 is 0. The first-order chi connectivity index (χ1) is 3.73. The summed E-state index contributed by atoms with van der Waals surface area (Å²) in [5.41, 5.74) is 0. The van der Waals surface area contributed by atoms with Crippen LogP contribution in [0.5, 0.6) is 0 Å². The molecule has 0 aliphatic rings. The molecule has 0 radical (unpaired) electrons. The zero-order valence-corrected chi connectivity index (χ0v) is 9.20. The van der Waals surface area contributed by atoms with E-state index in [9.17, 15) is 0 Å². The van der Waals surface area contributed by atoms with Gasteiger partial charge in [0.15, 0.2) is 0 Å². The molecule has 0 aromatic carbocycles. The van der Waals surface area contributed by atoms with E-state index in [1.807, 2.05) is 0 Å². The van der Waals surface area contributed by atoms with Crippen molar-refractivity contribution < 1.29 is 81.7 Å². The fourth-order valence-electron chi connectivity index (χ4n) is 0. The first-order valence-corrected chi connectivity index (χ1v) is 3.00. The van der Waals surface area contributed by atoms with Crippen molar-refractivity contribution in [2.24, 2.45) is 0 Å². The molecule has 0 saturated heterocycles. The van der Waals surface area contributed by atoms with Crippen LogP contribution in [0.2, 0.25) is 0 Å². The van der Waals surface area contributed by atoms with Crippen molar-refractivity contribution in [1.29, 1.82) is 0 Å². The zero-order chi connectivity index (χ0) is 8.08. The Kier molecular flexibility index (Phi) is 22.4. The number of carbonyl (C=O) groups is 1. The molecule has 0 rings (SSSR count). The first-order valence-electron chi connectivity index (χ1n) is 1.43. The topological polar surface area (TPSA) is 135 Å². The SMILES string of the molecule is O=C(O)O.O=P(O)(O)O.[H-].[Na+].[Ni]. The van der Waals surface area contributed by atoms with Crippen LogP contribution in [0.15, 0.2) is 0 Å². The molecule has 0 aliphatic carbocycles. The average molecular weight is 243 g/mol. The number of hydrogen-bond acceptors (Lipinski definition) is 2. The van der Waals surface area contributed by atoms with Crippen molar-refractivity contribution in [1.82, 2.24) is 0 Å². The smallest absolute Gasteiger partial charge is 1.00 e. The van der Waals surface area contributed by atoms with Gasteiger partial charge in [-0.1, -0.05) is 0 Å². The summed E-state index contributed by atoms with van der Waals surface area (Å²) in [6, 6.07) is 0. The van der Waals surface area contributed by atoms with E-state index in [0.29, 0.717) is 0 Å². The molecule has 0 bridgehead atoms. The predicted octanol–water partition coefficient (Wildman–Crippen LogP) is -3.59. The van der Waals surface area contributed by atoms with Gasteiger partial charge in [0.2, 0.25) is 0 Å². The molecule has 0 fully saturated rings. The van der Waals surface area contributed by atoms with Gasteiger partial charge in [-0.05, 0) is 0 Å². The third-order valence-corrected chi connectivity index (χ3v) is 0. The van der Waals surface area contributed by atoms with Gasteiger partial charge in [0.1, 0.15) is 0 Å². The van der Waals surface area contributed by atoms with E-state index in [2.05, 4.69) is 0 Å². The number of phosphoric acid groups is 1. The Hall–Kier alpha value is 0.874. The van der Waals surface area contributed by atoms with E-state index < -0.39 is 14.0 Å². The van der Waals surface area contributed by atoms with Crippen LogP contribution >= 0.6 is 7.82 Å². The zero-order valence-electron chi connectivity index (χ0n) is 6.32. The Morgan fingerprint density at radius 2 is 1.18 bits per heavy atom. The van der Waals surface area contributed by atoms with E-state index in [1.165, 1.54) is 0 Å². The van der Waals surface area contributed by atoms with E-state index in [1.54, 1.807) is 0 Å². The van der Waals surface area contributed by atoms with Gasteiger partial charge in [0, 0.05) is 16.5 Å². The quantitative estimate of drug-likeness (QED) is 0.219. The molecule has 0 atom stereocenters. The Bertz CT molecular complexity index is 123. The van der Waals surface area contributed by atoms with Crippen LogP contribution in [0, 0.1) is 0 Å². The van der Waals surface area contributed by atoms with Crippen molar-refractivity contribution in [2.45, 2.75) is 0 Å². The second kappa shape index (κ2) is 10.9. The Balaban J connectivity index is -0.0000000221. The third kappa shape index (κ3) is 1120. The second-order valence-corrected chi connectivity index (χ2v) is 1.82. The molecule has 0 aromatic heterocycles. The summed E-state index contributed by atoms with van der Waals surface area (Å²) in [4.78, 5) is 30.1. The van der Waals surface area contributed by atoms with Crippen molar-refractivity contribution in [3.63, 3.8) is 0 Å². The number of carboxylic acid groups (broad SMARTS) is 2. The Morgan fingerprint density at radius 3 is 1.18 bits per heavy atom. The van der Waals surface area contributed by atoms with Crippen molar-refractivity contribution >= 4 is 14.0 Å². The molecule has 5 N–H and O–H groups in total. The molecular weight excluding hydrogens is 237 g/mol. The van der Waals surface area contributed by atoms with Crippen LogP contribution in [-0.2, 0) is 21.1 Å². The van der Waals surface area contributed by atoms with Gasteiger partial charge in [0.25, 0.3) is 0 Å². The van der Waals surface area contributed by atoms with Gasteiger partial charge in [0.05, 0.1) is 0 Å². The van der Waals surface area contributed by atoms with Crippen LogP contribution in [0.3, 0.4) is 0 Å². The monoisotopic (exact) mass is 242 g/mol. The Morgan fingerprint density at radius 1 is 1.18 bits per heavy atom. The van der Waals surface area contributed by atoms with E-state index in [4.69, 9.17) is 34.3 Å². The summed E-state index contributed by atoms with van der Waals surface area (Å²) in [6.07, 6.45) is -1.83. The maximum Gasteiger partial charge on any atom is 1.00 e. The maximum atomic E-state index is 8.88. The molecule has 0 spiro atoms. The summed E-state index contributed by atoms with van der Waals surface area (Å²) in [5, 5.41) is 13.9. The van der Waals surface area contributed by atoms with Crippen LogP contribution in [0.25, 0.3) is 0 Å². The molecule has 7 nitrogen and oxygen atoms in total. The molecule has 0 aliphatic heterocycles. The van der Waals surface area contributed by atoms with Crippen molar-refractivity contribution in [3.05, 3.63) is 0 Å². The molecule has 0 aromatic rings. The molecule has 11 heavy (non-hydrogen) atoms. The van der Waals surface area contributed by atoms with E-state index in [-0.39, 0.29) is 47.5 Å². The molecule has 68 valence electrons. The van der Waals surface area contributed by atoms with E-state index in [0.717, 1.165) is 0 Å². The normalized spacial score (nSPS) is 7.55. The Labute approximate surface area is 95.4 Å². The maximum absolute atomic E-state index is 8.88. The van der Waals surface area contributed by atoms with Gasteiger partial charge >= 0.3 is 43.5 Å². The fourth-order valence-corrected chi connectivity index (χ4v) is 0. The summed E-state index contributed by atoms with van der Waals surface area (Å²) in [7, 11) is -4.64. The van der Waals surface area contributed by atoms with Crippen molar-refractivity contribution in [2.75, 3.05) is 0 Å². The molecule has 0 unspecified atom stereocenters. The van der Waals surface area contributed by atoms with Gasteiger partial charge in [-0.15, -0.1) is 0 Å². The molecule has 0 amide bonds. The van der Waals surface area contributed by atoms with Crippen LogP contribution in [0.1, 0.15) is 1.43 Å². The van der Waals surface area contributed by atoms with Crippen molar-refractivity contribution in [3.8, 4) is 0 Å². The second-order valence-electron chi connectivity index (χ2n) is 0.796. The third-order valence-electron chi connectivity index (χ3n) is 0. The molecule has 0 heterocycles. The minimum Gasteiger partial charge on any atom is -1.00 e. The first kappa shape index (κ1) is 22.6. The largest absolute Gasteiger partial charge is 1.00 e. The summed E-state index contributed by atoms with van der Waals surface area (Å²) < 4.78 is 8.88.